The summed E-state index contributed by atoms with van der Waals surface area (Å²) in [5, 5.41) is 3.81. The number of amides is 1. The van der Waals surface area contributed by atoms with Crippen LogP contribution in [0.25, 0.3) is 11.0 Å². The van der Waals surface area contributed by atoms with Gasteiger partial charge in [0.25, 0.3) is 5.91 Å². The second-order valence-corrected chi connectivity index (χ2v) is 6.78. The number of nitrogens with one attached hydrogen (secondary N) is 3. The largest absolute Gasteiger partial charge is 0.347 e. The van der Waals surface area contributed by atoms with E-state index in [9.17, 15) is 9.18 Å². The number of carbonyl (C=O) groups is 1. The number of pyridine rings is 1. The van der Waals surface area contributed by atoms with Crippen LogP contribution in [0, 0.1) is 0 Å². The monoisotopic (exact) mass is 367 g/mol. The van der Waals surface area contributed by atoms with E-state index in [0.29, 0.717) is 23.7 Å². The van der Waals surface area contributed by atoms with Crippen LogP contribution in [0.15, 0.2) is 42.5 Å². The molecule has 1 amide bonds. The number of aromatic nitrogens is 2. The van der Waals surface area contributed by atoms with Crippen molar-refractivity contribution < 1.29 is 9.18 Å². The Morgan fingerprint density at radius 3 is 2.70 bits per heavy atom. The van der Waals surface area contributed by atoms with Gasteiger partial charge in [0.2, 0.25) is 0 Å². The fraction of sp³-hybridized carbons (Fsp3) is 0.300. The summed E-state index contributed by atoms with van der Waals surface area (Å²) in [4.78, 5) is 17.4. The van der Waals surface area contributed by atoms with Gasteiger partial charge in [-0.1, -0.05) is 24.3 Å². The van der Waals surface area contributed by atoms with E-state index in [0.717, 1.165) is 35.4 Å². The Balaban J connectivity index is 1.55. The summed E-state index contributed by atoms with van der Waals surface area (Å²) in [5.74, 6) is 0.119. The van der Waals surface area contributed by atoms with Crippen molar-refractivity contribution in [1.82, 2.24) is 25.7 Å². The van der Waals surface area contributed by atoms with E-state index in [2.05, 4.69) is 16.2 Å². The molecule has 0 aliphatic carbocycles. The number of hydrogen-bond donors (Lipinski definition) is 3. The second-order valence-electron chi connectivity index (χ2n) is 6.78. The van der Waals surface area contributed by atoms with Gasteiger partial charge in [0.1, 0.15) is 18.0 Å². The molecule has 0 unspecified atom stereocenters. The van der Waals surface area contributed by atoms with Crippen LogP contribution in [0.1, 0.15) is 33.2 Å². The molecule has 0 spiro atoms. The van der Waals surface area contributed by atoms with Crippen molar-refractivity contribution >= 4 is 16.9 Å². The zero-order valence-electron chi connectivity index (χ0n) is 15.1. The quantitative estimate of drug-likeness (QED) is 0.646. The number of rotatable bonds is 5. The first kappa shape index (κ1) is 17.6. The average molecular weight is 367 g/mol. The minimum Gasteiger partial charge on any atom is -0.347 e. The Bertz CT molecular complexity index is 978. The number of hydrazine groups is 1. The van der Waals surface area contributed by atoms with E-state index in [1.54, 1.807) is 12.1 Å². The van der Waals surface area contributed by atoms with Crippen molar-refractivity contribution in [3.63, 3.8) is 0 Å². The predicted molar refractivity (Wildman–Crippen MR) is 102 cm³/mol. The first-order chi connectivity index (χ1) is 13.2. The van der Waals surface area contributed by atoms with Crippen molar-refractivity contribution in [2.45, 2.75) is 19.1 Å². The zero-order chi connectivity index (χ0) is 18.8. The highest BCUT2D eigenvalue weighted by molar-refractivity contribution is 5.97. The molecular weight excluding hydrogens is 345 g/mol. The maximum absolute atomic E-state index is 13.1. The Labute approximate surface area is 156 Å². The van der Waals surface area contributed by atoms with Gasteiger partial charge in [-0.3, -0.25) is 15.6 Å². The minimum absolute atomic E-state index is 0.199. The molecule has 3 N–H and O–H groups in total. The smallest absolute Gasteiger partial charge is 0.268 e. The number of halogens is 1. The number of alkyl halides is 1. The van der Waals surface area contributed by atoms with Crippen LogP contribution in [-0.2, 0) is 20.3 Å². The van der Waals surface area contributed by atoms with Gasteiger partial charge in [-0.2, -0.15) is 0 Å². The van der Waals surface area contributed by atoms with Gasteiger partial charge in [0, 0.05) is 43.7 Å². The molecule has 2 aromatic heterocycles. The third-order valence-electron chi connectivity index (χ3n) is 5.07. The third-order valence-corrected chi connectivity index (χ3v) is 5.07. The van der Waals surface area contributed by atoms with Gasteiger partial charge >= 0.3 is 0 Å². The summed E-state index contributed by atoms with van der Waals surface area (Å²) >= 11 is 0. The molecule has 4 rings (SSSR count). The lowest BCUT2D eigenvalue weighted by Gasteiger charge is -2.10. The van der Waals surface area contributed by atoms with Crippen LogP contribution in [0.2, 0.25) is 0 Å². The van der Waals surface area contributed by atoms with E-state index in [1.807, 2.05) is 41.9 Å². The SMILES string of the molecule is Cn1c(C(=O)NCc2ccccc2CF)cc2ccc(C3CNNC3)nc21. The first-order valence-electron chi connectivity index (χ1n) is 9.00. The average Bonchev–Trinajstić information content (AvgIpc) is 3.35. The van der Waals surface area contributed by atoms with Crippen molar-refractivity contribution in [3.05, 3.63) is 65.0 Å². The van der Waals surface area contributed by atoms with Crippen molar-refractivity contribution in [3.8, 4) is 0 Å². The van der Waals surface area contributed by atoms with Crippen LogP contribution < -0.4 is 16.2 Å². The van der Waals surface area contributed by atoms with Crippen LogP contribution in [0.3, 0.4) is 0 Å². The van der Waals surface area contributed by atoms with E-state index >= 15 is 0 Å². The minimum atomic E-state index is -0.544. The fourth-order valence-electron chi connectivity index (χ4n) is 3.46. The number of nitrogens with zero attached hydrogens (tertiary/aromatic N) is 2. The Hall–Kier alpha value is -2.77. The van der Waals surface area contributed by atoms with Crippen molar-refractivity contribution in [2.24, 2.45) is 7.05 Å². The molecular formula is C20H22FN5O. The molecule has 1 aliphatic rings. The number of benzene rings is 1. The summed E-state index contributed by atoms with van der Waals surface area (Å²) < 4.78 is 14.9. The summed E-state index contributed by atoms with van der Waals surface area (Å²) in [7, 11) is 1.84. The Kier molecular flexibility index (Phi) is 4.87. The molecule has 0 bridgehead atoms. The zero-order valence-corrected chi connectivity index (χ0v) is 15.1. The maximum Gasteiger partial charge on any atom is 0.268 e. The van der Waals surface area contributed by atoms with E-state index in [1.165, 1.54) is 0 Å². The summed E-state index contributed by atoms with van der Waals surface area (Å²) in [5.41, 5.74) is 9.93. The molecule has 1 aliphatic heterocycles. The van der Waals surface area contributed by atoms with Crippen LogP contribution in [0.4, 0.5) is 4.39 Å². The third kappa shape index (κ3) is 3.43. The highest BCUT2D eigenvalue weighted by Crippen LogP contribution is 2.22. The van der Waals surface area contributed by atoms with Crippen LogP contribution in [-0.4, -0.2) is 28.5 Å². The highest BCUT2D eigenvalue weighted by Gasteiger charge is 2.20. The summed E-state index contributed by atoms with van der Waals surface area (Å²) in [6.07, 6.45) is 0. The number of hydrogen-bond acceptors (Lipinski definition) is 4. The maximum atomic E-state index is 13.1. The lowest BCUT2D eigenvalue weighted by atomic mass is 10.1. The molecule has 0 radical (unpaired) electrons. The Morgan fingerprint density at radius 2 is 1.96 bits per heavy atom. The molecule has 27 heavy (non-hydrogen) atoms. The van der Waals surface area contributed by atoms with Gasteiger partial charge in [-0.05, 0) is 29.3 Å². The van der Waals surface area contributed by atoms with E-state index in [4.69, 9.17) is 4.98 Å². The van der Waals surface area contributed by atoms with Gasteiger partial charge < -0.3 is 9.88 Å². The van der Waals surface area contributed by atoms with Crippen LogP contribution in [0.5, 0.6) is 0 Å². The molecule has 1 fully saturated rings. The molecule has 3 heterocycles. The number of carbonyl (C=O) groups excluding carboxylic acids is 1. The number of fused-ring (bicyclic) bond motifs is 1. The Morgan fingerprint density at radius 1 is 1.22 bits per heavy atom. The molecule has 140 valence electrons. The first-order valence-corrected chi connectivity index (χ1v) is 9.00. The van der Waals surface area contributed by atoms with Crippen molar-refractivity contribution in [2.75, 3.05) is 13.1 Å². The van der Waals surface area contributed by atoms with Crippen molar-refractivity contribution in [1.29, 1.82) is 0 Å². The topological polar surface area (TPSA) is 71.0 Å². The van der Waals surface area contributed by atoms with Gasteiger partial charge in [-0.25, -0.2) is 9.37 Å². The normalized spacial score (nSPS) is 14.7. The number of aryl methyl sites for hydroxylation is 1. The lowest BCUT2D eigenvalue weighted by molar-refractivity contribution is 0.0943. The molecule has 1 aromatic carbocycles. The molecule has 0 saturated carbocycles. The van der Waals surface area contributed by atoms with E-state index in [-0.39, 0.29) is 5.91 Å². The molecule has 6 nitrogen and oxygen atoms in total. The lowest BCUT2D eigenvalue weighted by Crippen LogP contribution is -2.25. The highest BCUT2D eigenvalue weighted by atomic mass is 19.1. The van der Waals surface area contributed by atoms with Gasteiger partial charge in [-0.15, -0.1) is 0 Å². The van der Waals surface area contributed by atoms with Gasteiger partial charge in [0.15, 0.2) is 0 Å². The molecule has 0 atom stereocenters. The second kappa shape index (κ2) is 7.46. The summed E-state index contributed by atoms with van der Waals surface area (Å²) in [6, 6.07) is 13.1. The predicted octanol–water partition coefficient (Wildman–Crippen LogP) is 2.16. The standard InChI is InChI=1S/C20H22FN5O/c1-26-18(20(27)22-10-15-5-3-2-4-14(15)9-21)8-13-6-7-17(25-19(13)26)16-11-23-24-12-16/h2-8,16,23-24H,9-12H2,1H3,(H,22,27). The molecule has 3 aromatic rings. The molecule has 7 heteroatoms. The fourth-order valence-corrected chi connectivity index (χ4v) is 3.46. The molecule has 1 saturated heterocycles. The van der Waals surface area contributed by atoms with Gasteiger partial charge in [0.05, 0.1) is 0 Å². The van der Waals surface area contributed by atoms with E-state index < -0.39 is 6.67 Å². The van der Waals surface area contributed by atoms with Crippen LogP contribution >= 0.6 is 0 Å². The summed E-state index contributed by atoms with van der Waals surface area (Å²) in [6.45, 7) is 1.42.